The first-order chi connectivity index (χ1) is 14.7. The van der Waals surface area contributed by atoms with Gasteiger partial charge in [0.05, 0.1) is 14.2 Å². The highest BCUT2D eigenvalue weighted by Crippen LogP contribution is 2.22. The minimum Gasteiger partial charge on any atom is -0.497 e. The fraction of sp³-hybridized carbons (Fsp3) is 0.391. The number of quaternary nitrogens is 2. The molecule has 7 heteroatoms. The van der Waals surface area contributed by atoms with E-state index in [0.29, 0.717) is 11.8 Å². The Balaban J connectivity index is 1.32. The molecule has 4 rings (SSSR count). The lowest BCUT2D eigenvalue weighted by Gasteiger charge is -2.32. The van der Waals surface area contributed by atoms with Crippen molar-refractivity contribution in [3.63, 3.8) is 0 Å². The van der Waals surface area contributed by atoms with Gasteiger partial charge in [0, 0.05) is 11.1 Å². The molecule has 7 nitrogen and oxygen atoms in total. The van der Waals surface area contributed by atoms with Gasteiger partial charge in [0.2, 0.25) is 5.89 Å². The van der Waals surface area contributed by atoms with Crippen molar-refractivity contribution in [2.45, 2.75) is 19.5 Å². The van der Waals surface area contributed by atoms with Crippen LogP contribution < -0.4 is 19.3 Å². The van der Waals surface area contributed by atoms with Crippen LogP contribution in [-0.2, 0) is 6.54 Å². The zero-order valence-corrected chi connectivity index (χ0v) is 17.9. The molecular formula is C23H30N4O3+2. The Labute approximate surface area is 177 Å². The van der Waals surface area contributed by atoms with Crippen molar-refractivity contribution < 1.29 is 23.7 Å². The molecule has 30 heavy (non-hydrogen) atoms. The van der Waals surface area contributed by atoms with E-state index in [1.807, 2.05) is 36.4 Å². The average Bonchev–Trinajstić information content (AvgIpc) is 3.30. The van der Waals surface area contributed by atoms with Crippen LogP contribution in [0.2, 0.25) is 0 Å². The maximum absolute atomic E-state index is 6.00. The van der Waals surface area contributed by atoms with Crippen molar-refractivity contribution in [3.8, 4) is 23.0 Å². The molecule has 0 radical (unpaired) electrons. The molecule has 1 saturated heterocycles. The van der Waals surface area contributed by atoms with Gasteiger partial charge in [-0.05, 0) is 55.5 Å². The fourth-order valence-electron chi connectivity index (χ4n) is 4.00. The maximum Gasteiger partial charge on any atom is 0.274 e. The summed E-state index contributed by atoms with van der Waals surface area (Å²) in [6.07, 6.45) is 0. The number of hydrogen-bond donors (Lipinski definition) is 2. The number of piperazine rings is 1. The van der Waals surface area contributed by atoms with Gasteiger partial charge in [-0.1, -0.05) is 0 Å². The third kappa shape index (κ3) is 4.63. The molecule has 0 bridgehead atoms. The molecule has 2 aromatic carbocycles. The Kier molecular flexibility index (Phi) is 6.30. The van der Waals surface area contributed by atoms with Crippen molar-refractivity contribution in [2.24, 2.45) is 0 Å². The molecule has 158 valence electrons. The summed E-state index contributed by atoms with van der Waals surface area (Å²) in [5.74, 6) is 2.98. The van der Waals surface area contributed by atoms with Crippen molar-refractivity contribution in [1.82, 2.24) is 10.2 Å². The van der Waals surface area contributed by atoms with Crippen LogP contribution in [0.1, 0.15) is 24.4 Å². The number of ether oxygens (including phenoxy) is 2. The highest BCUT2D eigenvalue weighted by Gasteiger charge is 2.31. The minimum atomic E-state index is 0.187. The summed E-state index contributed by atoms with van der Waals surface area (Å²) in [7, 11) is 3.36. The van der Waals surface area contributed by atoms with Gasteiger partial charge in [0.15, 0.2) is 6.04 Å². The monoisotopic (exact) mass is 410 g/mol. The van der Waals surface area contributed by atoms with Crippen LogP contribution in [0.15, 0.2) is 52.9 Å². The largest absolute Gasteiger partial charge is 0.497 e. The summed E-state index contributed by atoms with van der Waals surface area (Å²) in [5, 5.41) is 8.58. The van der Waals surface area contributed by atoms with Crippen LogP contribution in [0, 0.1) is 0 Å². The summed E-state index contributed by atoms with van der Waals surface area (Å²) < 4.78 is 16.5. The van der Waals surface area contributed by atoms with Crippen LogP contribution in [0.5, 0.6) is 11.5 Å². The Morgan fingerprint density at radius 1 is 0.867 bits per heavy atom. The number of nitrogens with zero attached hydrogens (tertiary/aromatic N) is 2. The van der Waals surface area contributed by atoms with Crippen LogP contribution >= 0.6 is 0 Å². The smallest absolute Gasteiger partial charge is 0.274 e. The van der Waals surface area contributed by atoms with Crippen LogP contribution in [-0.4, -0.2) is 50.6 Å². The predicted molar refractivity (Wildman–Crippen MR) is 113 cm³/mol. The fourth-order valence-corrected chi connectivity index (χ4v) is 4.00. The van der Waals surface area contributed by atoms with E-state index in [9.17, 15) is 0 Å². The number of aromatic nitrogens is 2. The first-order valence-corrected chi connectivity index (χ1v) is 10.4. The molecule has 0 amide bonds. The maximum atomic E-state index is 6.00. The minimum absolute atomic E-state index is 0.187. The molecule has 0 saturated carbocycles. The second-order valence-corrected chi connectivity index (χ2v) is 7.83. The van der Waals surface area contributed by atoms with Gasteiger partial charge < -0.3 is 23.7 Å². The van der Waals surface area contributed by atoms with E-state index in [2.05, 4.69) is 29.3 Å². The van der Waals surface area contributed by atoms with Crippen molar-refractivity contribution in [2.75, 3.05) is 40.4 Å². The second-order valence-electron chi connectivity index (χ2n) is 7.83. The Bertz CT molecular complexity index is 932. The van der Waals surface area contributed by atoms with Crippen LogP contribution in [0.4, 0.5) is 0 Å². The van der Waals surface area contributed by atoms with E-state index in [4.69, 9.17) is 13.9 Å². The number of nitrogens with one attached hydrogen (secondary N) is 2. The topological polar surface area (TPSA) is 66.3 Å². The molecule has 3 aromatic rings. The molecule has 1 aromatic heterocycles. The number of benzene rings is 2. The molecule has 1 fully saturated rings. The summed E-state index contributed by atoms with van der Waals surface area (Å²) in [4.78, 5) is 3.11. The van der Waals surface area contributed by atoms with Crippen LogP contribution in [0.25, 0.3) is 11.5 Å². The third-order valence-corrected chi connectivity index (χ3v) is 5.97. The molecule has 0 aliphatic carbocycles. The van der Waals surface area contributed by atoms with Crippen LogP contribution in [0.3, 0.4) is 0 Å². The first-order valence-electron chi connectivity index (χ1n) is 10.4. The Morgan fingerprint density at radius 3 is 2.07 bits per heavy atom. The normalized spacial score (nSPS) is 20.0. The van der Waals surface area contributed by atoms with Gasteiger partial charge in [-0.3, -0.25) is 0 Å². The SMILES string of the molecule is COc1ccc(C[NH+]2CC[NH+]([C@@H](C)c3nnc(-c4ccc(OC)cc4)o3)CC2)cc1. The zero-order chi connectivity index (χ0) is 20.9. The van der Waals surface area contributed by atoms with Crippen molar-refractivity contribution in [1.29, 1.82) is 0 Å². The lowest BCUT2D eigenvalue weighted by Crippen LogP contribution is -3.27. The van der Waals surface area contributed by atoms with Gasteiger partial charge >= 0.3 is 0 Å². The summed E-state index contributed by atoms with van der Waals surface area (Å²) in [5.41, 5.74) is 2.26. The third-order valence-electron chi connectivity index (χ3n) is 5.97. The Hall–Kier alpha value is -2.90. The van der Waals surface area contributed by atoms with E-state index in [1.165, 1.54) is 10.5 Å². The summed E-state index contributed by atoms with van der Waals surface area (Å²) in [6.45, 7) is 7.67. The lowest BCUT2D eigenvalue weighted by atomic mass is 10.1. The van der Waals surface area contributed by atoms with E-state index in [-0.39, 0.29) is 6.04 Å². The van der Waals surface area contributed by atoms with Crippen molar-refractivity contribution >= 4 is 0 Å². The van der Waals surface area contributed by atoms with E-state index < -0.39 is 0 Å². The molecule has 0 unspecified atom stereocenters. The van der Waals surface area contributed by atoms with E-state index >= 15 is 0 Å². The standard InChI is InChI=1S/C23H28N4O3/c1-17(22-24-25-23(30-22)19-6-10-21(29-3)11-7-19)27-14-12-26(13-15-27)16-18-4-8-20(28-2)9-5-18/h4-11,17H,12-16H2,1-3H3/p+2/t17-/m0/s1. The van der Waals surface area contributed by atoms with Crippen molar-refractivity contribution in [3.05, 3.63) is 60.0 Å². The number of hydrogen-bond acceptors (Lipinski definition) is 5. The van der Waals surface area contributed by atoms with Gasteiger partial charge in [0.1, 0.15) is 44.2 Å². The Morgan fingerprint density at radius 2 is 1.47 bits per heavy atom. The van der Waals surface area contributed by atoms with Gasteiger partial charge in [-0.15, -0.1) is 10.2 Å². The predicted octanol–water partition coefficient (Wildman–Crippen LogP) is 0.798. The van der Waals surface area contributed by atoms with Gasteiger partial charge in [-0.2, -0.15) is 0 Å². The summed E-state index contributed by atoms with van der Waals surface area (Å²) >= 11 is 0. The highest BCUT2D eigenvalue weighted by atomic mass is 16.5. The van der Waals surface area contributed by atoms with Gasteiger partial charge in [0.25, 0.3) is 5.89 Å². The quantitative estimate of drug-likeness (QED) is 0.603. The average molecular weight is 411 g/mol. The molecule has 2 heterocycles. The van der Waals surface area contributed by atoms with E-state index in [0.717, 1.165) is 49.8 Å². The molecular weight excluding hydrogens is 380 g/mol. The zero-order valence-electron chi connectivity index (χ0n) is 17.9. The molecule has 0 spiro atoms. The van der Waals surface area contributed by atoms with Gasteiger partial charge in [-0.25, -0.2) is 0 Å². The molecule has 1 atom stereocenters. The van der Waals surface area contributed by atoms with E-state index in [1.54, 1.807) is 19.1 Å². The molecule has 1 aliphatic rings. The number of rotatable bonds is 7. The second kappa shape index (κ2) is 9.28. The molecule has 2 N–H and O–H groups in total. The highest BCUT2D eigenvalue weighted by molar-refractivity contribution is 5.53. The number of methoxy groups -OCH3 is 2. The first kappa shape index (κ1) is 20.4. The molecule has 1 aliphatic heterocycles. The lowest BCUT2D eigenvalue weighted by molar-refractivity contribution is -1.03. The summed E-state index contributed by atoms with van der Waals surface area (Å²) in [6, 6.07) is 16.3.